The molecule has 0 aliphatic carbocycles. The van der Waals surface area contributed by atoms with Crippen LogP contribution >= 0.6 is 0 Å². The van der Waals surface area contributed by atoms with E-state index in [1.165, 1.54) is 0 Å². The van der Waals surface area contributed by atoms with Crippen molar-refractivity contribution >= 4 is 5.91 Å². The number of carbonyl (C=O) groups excluding carboxylic acids is 1. The van der Waals surface area contributed by atoms with Gasteiger partial charge in [-0.25, -0.2) is 0 Å². The Labute approximate surface area is 96.8 Å². The minimum atomic E-state index is -4.78. The summed E-state index contributed by atoms with van der Waals surface area (Å²) in [6, 6.07) is 0. The summed E-state index contributed by atoms with van der Waals surface area (Å²) in [5, 5.41) is 12.6. The van der Waals surface area contributed by atoms with Gasteiger partial charge in [0.05, 0.1) is 6.10 Å². The summed E-state index contributed by atoms with van der Waals surface area (Å²) in [5.41, 5.74) is -0.276. The van der Waals surface area contributed by atoms with Crippen LogP contribution in [0.1, 0.15) is 19.3 Å². The molecule has 1 unspecified atom stereocenters. The van der Waals surface area contributed by atoms with E-state index in [2.05, 4.69) is 5.32 Å². The molecule has 1 amide bonds. The molecule has 0 aromatic rings. The van der Waals surface area contributed by atoms with Gasteiger partial charge < -0.3 is 15.3 Å². The number of piperidine rings is 1. The molecule has 2 aliphatic heterocycles. The van der Waals surface area contributed by atoms with Gasteiger partial charge in [-0.1, -0.05) is 0 Å². The number of rotatable bonds is 0. The zero-order valence-electron chi connectivity index (χ0n) is 9.26. The Bertz CT molecular complexity index is 311. The minimum absolute atomic E-state index is 0.0953. The van der Waals surface area contributed by atoms with Crippen molar-refractivity contribution < 1.29 is 23.1 Å². The number of aliphatic hydroxyl groups is 1. The topological polar surface area (TPSA) is 52.6 Å². The van der Waals surface area contributed by atoms with E-state index >= 15 is 0 Å². The second kappa shape index (κ2) is 4.13. The van der Waals surface area contributed by atoms with Crippen LogP contribution < -0.4 is 5.32 Å². The Balaban J connectivity index is 1.92. The van der Waals surface area contributed by atoms with Crippen LogP contribution in [-0.4, -0.2) is 53.4 Å². The van der Waals surface area contributed by atoms with Crippen LogP contribution in [-0.2, 0) is 4.79 Å². The Morgan fingerprint density at radius 3 is 2.35 bits per heavy atom. The molecule has 0 saturated carbocycles. The summed E-state index contributed by atoms with van der Waals surface area (Å²) < 4.78 is 36.7. The van der Waals surface area contributed by atoms with Gasteiger partial charge in [0.2, 0.25) is 0 Å². The molecule has 0 aromatic heterocycles. The first kappa shape index (κ1) is 12.6. The molecule has 0 bridgehead atoms. The molecule has 1 atom stereocenters. The third-order valence-electron chi connectivity index (χ3n) is 3.59. The standard InChI is InChI=1S/C10H15F3N2O2/c11-10(12,13)8(17)15-3-1-9(2-4-15)5-7(16)6-14-9/h7,14,16H,1-6H2. The maximum Gasteiger partial charge on any atom is 0.471 e. The van der Waals surface area contributed by atoms with Crippen molar-refractivity contribution in [3.63, 3.8) is 0 Å². The van der Waals surface area contributed by atoms with Crippen LogP contribution in [0, 0.1) is 0 Å². The quantitative estimate of drug-likeness (QED) is 0.650. The number of aliphatic hydroxyl groups excluding tert-OH is 1. The molecule has 2 saturated heterocycles. The van der Waals surface area contributed by atoms with E-state index < -0.39 is 18.2 Å². The minimum Gasteiger partial charge on any atom is -0.392 e. The summed E-state index contributed by atoms with van der Waals surface area (Å²) in [4.78, 5) is 11.9. The summed E-state index contributed by atoms with van der Waals surface area (Å²) in [6.07, 6.45) is -3.73. The van der Waals surface area contributed by atoms with E-state index in [1.807, 2.05) is 0 Å². The fourth-order valence-corrected chi connectivity index (χ4v) is 2.63. The van der Waals surface area contributed by atoms with E-state index in [0.717, 1.165) is 4.90 Å². The third kappa shape index (κ3) is 2.55. The molecule has 0 radical (unpaired) electrons. The maximum atomic E-state index is 12.2. The van der Waals surface area contributed by atoms with E-state index in [4.69, 9.17) is 0 Å². The van der Waals surface area contributed by atoms with Crippen molar-refractivity contribution in [2.45, 2.75) is 37.1 Å². The van der Waals surface area contributed by atoms with Gasteiger partial charge in [0.1, 0.15) is 0 Å². The first-order valence-corrected chi connectivity index (χ1v) is 5.62. The number of carbonyl (C=O) groups is 1. The predicted octanol–water partition coefficient (Wildman–Crippen LogP) is 0.264. The molecule has 2 fully saturated rings. The smallest absolute Gasteiger partial charge is 0.392 e. The maximum absolute atomic E-state index is 12.2. The Kier molecular flexibility index (Phi) is 3.07. The lowest BCUT2D eigenvalue weighted by atomic mass is 9.85. The van der Waals surface area contributed by atoms with Crippen molar-refractivity contribution in [2.24, 2.45) is 0 Å². The number of likely N-dealkylation sites (tertiary alicyclic amines) is 1. The largest absolute Gasteiger partial charge is 0.471 e. The van der Waals surface area contributed by atoms with Gasteiger partial charge >= 0.3 is 12.1 Å². The van der Waals surface area contributed by atoms with E-state index in [9.17, 15) is 23.1 Å². The number of nitrogens with zero attached hydrogens (tertiary/aromatic N) is 1. The molecular weight excluding hydrogens is 237 g/mol. The molecular formula is C10H15F3N2O2. The highest BCUT2D eigenvalue weighted by Gasteiger charge is 2.47. The monoisotopic (exact) mass is 252 g/mol. The van der Waals surface area contributed by atoms with Gasteiger partial charge in [-0.2, -0.15) is 13.2 Å². The lowest BCUT2D eigenvalue weighted by molar-refractivity contribution is -0.187. The van der Waals surface area contributed by atoms with Crippen LogP contribution in [0.3, 0.4) is 0 Å². The number of β-amino-alcohol motifs (C(OH)–C–C–N with tert-alkyl or cyclic N) is 1. The SMILES string of the molecule is O=C(N1CCC2(CC1)CC(O)CN2)C(F)(F)F. The highest BCUT2D eigenvalue weighted by atomic mass is 19.4. The summed E-state index contributed by atoms with van der Waals surface area (Å²) in [6.45, 7) is 0.670. The second-order valence-corrected chi connectivity index (χ2v) is 4.81. The van der Waals surface area contributed by atoms with Crippen LogP contribution in [0.5, 0.6) is 0 Å². The van der Waals surface area contributed by atoms with Gasteiger partial charge in [0.25, 0.3) is 0 Å². The molecule has 7 heteroatoms. The van der Waals surface area contributed by atoms with Crippen molar-refractivity contribution in [2.75, 3.05) is 19.6 Å². The Hall–Kier alpha value is -0.820. The molecule has 4 nitrogen and oxygen atoms in total. The average Bonchev–Trinajstić information content (AvgIpc) is 2.59. The van der Waals surface area contributed by atoms with Crippen LogP contribution in [0.15, 0.2) is 0 Å². The average molecular weight is 252 g/mol. The van der Waals surface area contributed by atoms with Crippen molar-refractivity contribution in [3.05, 3.63) is 0 Å². The number of amides is 1. The highest BCUT2D eigenvalue weighted by molar-refractivity contribution is 5.81. The molecule has 1 spiro atoms. The molecule has 98 valence electrons. The summed E-state index contributed by atoms with van der Waals surface area (Å²) >= 11 is 0. The van der Waals surface area contributed by atoms with Crippen LogP contribution in [0.25, 0.3) is 0 Å². The van der Waals surface area contributed by atoms with Gasteiger partial charge in [-0.15, -0.1) is 0 Å². The van der Waals surface area contributed by atoms with E-state index in [-0.39, 0.29) is 18.6 Å². The van der Waals surface area contributed by atoms with E-state index in [0.29, 0.717) is 25.8 Å². The van der Waals surface area contributed by atoms with Crippen molar-refractivity contribution in [1.29, 1.82) is 0 Å². The highest BCUT2D eigenvalue weighted by Crippen LogP contribution is 2.32. The van der Waals surface area contributed by atoms with E-state index in [1.54, 1.807) is 0 Å². The predicted molar refractivity (Wildman–Crippen MR) is 53.2 cm³/mol. The number of nitrogens with one attached hydrogen (secondary N) is 1. The fraction of sp³-hybridized carbons (Fsp3) is 0.900. The molecule has 2 N–H and O–H groups in total. The fourth-order valence-electron chi connectivity index (χ4n) is 2.63. The number of hydrogen-bond acceptors (Lipinski definition) is 3. The lowest BCUT2D eigenvalue weighted by Crippen LogP contribution is -2.53. The lowest BCUT2D eigenvalue weighted by Gasteiger charge is -2.39. The molecule has 2 aliphatic rings. The van der Waals surface area contributed by atoms with Gasteiger partial charge in [-0.3, -0.25) is 4.79 Å². The Morgan fingerprint density at radius 1 is 1.35 bits per heavy atom. The van der Waals surface area contributed by atoms with Gasteiger partial charge in [-0.05, 0) is 19.3 Å². The van der Waals surface area contributed by atoms with Crippen LogP contribution in [0.4, 0.5) is 13.2 Å². The molecule has 17 heavy (non-hydrogen) atoms. The van der Waals surface area contributed by atoms with Crippen molar-refractivity contribution in [3.8, 4) is 0 Å². The Morgan fingerprint density at radius 2 is 1.94 bits per heavy atom. The number of halogens is 3. The van der Waals surface area contributed by atoms with Crippen LogP contribution in [0.2, 0.25) is 0 Å². The summed E-state index contributed by atoms with van der Waals surface area (Å²) in [7, 11) is 0. The molecule has 0 aromatic carbocycles. The first-order chi connectivity index (χ1) is 7.82. The second-order valence-electron chi connectivity index (χ2n) is 4.81. The summed E-state index contributed by atoms with van der Waals surface area (Å²) in [5.74, 6) is -1.76. The van der Waals surface area contributed by atoms with Gasteiger partial charge in [0.15, 0.2) is 0 Å². The zero-order chi connectivity index (χ0) is 12.7. The third-order valence-corrected chi connectivity index (χ3v) is 3.59. The normalized spacial score (nSPS) is 28.7. The number of alkyl halides is 3. The first-order valence-electron chi connectivity index (χ1n) is 5.62. The number of hydrogen-bond donors (Lipinski definition) is 2. The van der Waals surface area contributed by atoms with Gasteiger partial charge in [0, 0.05) is 25.2 Å². The molecule has 2 heterocycles. The zero-order valence-corrected chi connectivity index (χ0v) is 9.26. The van der Waals surface area contributed by atoms with Crippen molar-refractivity contribution in [1.82, 2.24) is 10.2 Å². The molecule has 2 rings (SSSR count).